The van der Waals surface area contributed by atoms with Gasteiger partial charge in [0.2, 0.25) is 0 Å². The Bertz CT molecular complexity index is 301. The lowest BCUT2D eigenvalue weighted by Gasteiger charge is -2.20. The zero-order valence-electron chi connectivity index (χ0n) is 6.45. The van der Waals surface area contributed by atoms with Gasteiger partial charge in [-0.25, -0.2) is 0 Å². The summed E-state index contributed by atoms with van der Waals surface area (Å²) in [5, 5.41) is 10.8. The molecule has 12 heavy (non-hydrogen) atoms. The molecule has 1 rings (SSSR count). The van der Waals surface area contributed by atoms with Crippen LogP contribution in [-0.4, -0.2) is 13.1 Å². The number of rotatable bonds is 1. The first-order valence-electron chi connectivity index (χ1n) is 3.32. The molecule has 1 aromatic rings. The number of nitrogens with zero attached hydrogens (tertiary/aromatic N) is 1. The van der Waals surface area contributed by atoms with Gasteiger partial charge in [-0.1, -0.05) is 23.7 Å². The fraction of sp³-hybridized carbons (Fsp3) is 0.125. The van der Waals surface area contributed by atoms with Crippen LogP contribution in [0.15, 0.2) is 24.3 Å². The van der Waals surface area contributed by atoms with Gasteiger partial charge in [0.1, 0.15) is 6.09 Å². The lowest BCUT2D eigenvalue weighted by Crippen LogP contribution is -2.38. The van der Waals surface area contributed by atoms with Crippen molar-refractivity contribution in [1.29, 1.82) is 0 Å². The second-order valence-corrected chi connectivity index (χ2v) is 2.68. The highest BCUT2D eigenvalue weighted by molar-refractivity contribution is 6.33. The Morgan fingerprint density at radius 1 is 1.50 bits per heavy atom. The summed E-state index contributed by atoms with van der Waals surface area (Å²) >= 11 is 5.73. The Kier molecular flexibility index (Phi) is 2.55. The van der Waals surface area contributed by atoms with Gasteiger partial charge in [-0.05, 0) is 12.1 Å². The van der Waals surface area contributed by atoms with Crippen LogP contribution >= 0.6 is 11.6 Å². The molecular formula is C8H7ClNO2-. The Labute approximate surface area is 75.2 Å². The summed E-state index contributed by atoms with van der Waals surface area (Å²) in [6, 6.07) is 6.67. The van der Waals surface area contributed by atoms with E-state index >= 15 is 0 Å². The average molecular weight is 185 g/mol. The standard InChI is InChI=1S/C8H8ClNO2/c1-10(8(11)12)7-5-3-2-4-6(7)9/h2-5H,1H3,(H,11,12)/p-1. The molecule has 3 nitrogen and oxygen atoms in total. The number of para-hydroxylation sites is 1. The maximum Gasteiger partial charge on any atom is 0.141 e. The van der Waals surface area contributed by atoms with Crippen LogP contribution in [0, 0.1) is 0 Å². The number of hydrogen-bond acceptors (Lipinski definition) is 2. The van der Waals surface area contributed by atoms with Crippen LogP contribution in [0.4, 0.5) is 10.5 Å². The molecule has 0 spiro atoms. The van der Waals surface area contributed by atoms with E-state index in [0.29, 0.717) is 10.7 Å². The maximum absolute atomic E-state index is 10.4. The first-order valence-corrected chi connectivity index (χ1v) is 3.70. The quantitative estimate of drug-likeness (QED) is 0.657. The Morgan fingerprint density at radius 2 is 2.08 bits per heavy atom. The fourth-order valence-corrected chi connectivity index (χ4v) is 1.08. The molecule has 0 aliphatic rings. The third-order valence-electron chi connectivity index (χ3n) is 1.49. The minimum absolute atomic E-state index is 0.393. The molecule has 0 fully saturated rings. The summed E-state index contributed by atoms with van der Waals surface area (Å²) in [6.45, 7) is 0. The summed E-state index contributed by atoms with van der Waals surface area (Å²) in [5.41, 5.74) is 0.430. The van der Waals surface area contributed by atoms with E-state index in [9.17, 15) is 9.90 Å². The molecule has 0 N–H and O–H groups in total. The molecule has 0 unspecified atom stereocenters. The van der Waals surface area contributed by atoms with Crippen molar-refractivity contribution in [3.05, 3.63) is 29.3 Å². The van der Waals surface area contributed by atoms with Gasteiger partial charge in [0.15, 0.2) is 0 Å². The number of halogens is 1. The highest BCUT2D eigenvalue weighted by Gasteiger charge is 2.04. The maximum atomic E-state index is 10.4. The average Bonchev–Trinajstić information content (AvgIpc) is 2.04. The van der Waals surface area contributed by atoms with Crippen molar-refractivity contribution < 1.29 is 9.90 Å². The van der Waals surface area contributed by atoms with Crippen LogP contribution in [-0.2, 0) is 0 Å². The molecule has 0 saturated carbocycles. The summed E-state index contributed by atoms with van der Waals surface area (Å²) in [7, 11) is 1.39. The van der Waals surface area contributed by atoms with E-state index in [4.69, 9.17) is 11.6 Å². The van der Waals surface area contributed by atoms with Crippen molar-refractivity contribution in [3.8, 4) is 0 Å². The lowest BCUT2D eigenvalue weighted by atomic mass is 10.3. The van der Waals surface area contributed by atoms with Gasteiger partial charge in [-0.3, -0.25) is 0 Å². The van der Waals surface area contributed by atoms with E-state index in [1.54, 1.807) is 24.3 Å². The van der Waals surface area contributed by atoms with Gasteiger partial charge in [-0.15, -0.1) is 0 Å². The van der Waals surface area contributed by atoms with Crippen molar-refractivity contribution in [3.63, 3.8) is 0 Å². The summed E-state index contributed by atoms with van der Waals surface area (Å²) in [4.78, 5) is 11.4. The van der Waals surface area contributed by atoms with E-state index in [0.717, 1.165) is 4.90 Å². The lowest BCUT2D eigenvalue weighted by molar-refractivity contribution is -0.246. The van der Waals surface area contributed by atoms with E-state index in [-0.39, 0.29) is 0 Å². The molecule has 0 heterocycles. The zero-order chi connectivity index (χ0) is 9.14. The summed E-state index contributed by atoms with van der Waals surface area (Å²) < 4.78 is 0. The van der Waals surface area contributed by atoms with Gasteiger partial charge in [0.05, 0.1) is 10.7 Å². The van der Waals surface area contributed by atoms with Crippen molar-refractivity contribution in [2.75, 3.05) is 11.9 Å². The van der Waals surface area contributed by atoms with E-state index in [1.807, 2.05) is 0 Å². The monoisotopic (exact) mass is 184 g/mol. The van der Waals surface area contributed by atoms with Crippen molar-refractivity contribution in [1.82, 2.24) is 0 Å². The highest BCUT2D eigenvalue weighted by atomic mass is 35.5. The molecule has 0 aromatic heterocycles. The second-order valence-electron chi connectivity index (χ2n) is 2.28. The molecule has 1 amide bonds. The van der Waals surface area contributed by atoms with E-state index in [1.165, 1.54) is 7.05 Å². The predicted molar refractivity (Wildman–Crippen MR) is 45.3 cm³/mol. The predicted octanol–water partition coefficient (Wildman–Crippen LogP) is 1.12. The molecule has 0 aliphatic carbocycles. The number of hydrogen-bond donors (Lipinski definition) is 0. The van der Waals surface area contributed by atoms with Gasteiger partial charge in [0, 0.05) is 7.05 Å². The number of benzene rings is 1. The molecule has 0 bridgehead atoms. The van der Waals surface area contributed by atoms with Gasteiger partial charge < -0.3 is 14.8 Å². The van der Waals surface area contributed by atoms with Crippen LogP contribution < -0.4 is 10.0 Å². The Morgan fingerprint density at radius 3 is 2.58 bits per heavy atom. The normalized spacial score (nSPS) is 9.50. The minimum atomic E-state index is -1.27. The van der Waals surface area contributed by atoms with Crippen LogP contribution in [0.3, 0.4) is 0 Å². The highest BCUT2D eigenvalue weighted by Crippen LogP contribution is 2.23. The van der Waals surface area contributed by atoms with E-state index < -0.39 is 6.09 Å². The second kappa shape index (κ2) is 3.45. The molecule has 0 saturated heterocycles. The molecular weight excluding hydrogens is 178 g/mol. The first kappa shape index (κ1) is 8.87. The van der Waals surface area contributed by atoms with Gasteiger partial charge in [0.25, 0.3) is 0 Å². The summed E-state index contributed by atoms with van der Waals surface area (Å²) in [6.07, 6.45) is -1.27. The Hall–Kier alpha value is -1.22. The molecule has 0 radical (unpaired) electrons. The summed E-state index contributed by atoms with van der Waals surface area (Å²) in [5.74, 6) is 0. The number of carbonyl (C=O) groups excluding carboxylic acids is 1. The van der Waals surface area contributed by atoms with Gasteiger partial charge >= 0.3 is 0 Å². The number of amides is 1. The SMILES string of the molecule is CN(C(=O)[O-])c1ccccc1Cl. The molecule has 64 valence electrons. The number of carbonyl (C=O) groups is 1. The number of anilines is 1. The molecule has 0 aliphatic heterocycles. The van der Waals surface area contributed by atoms with Gasteiger partial charge in [-0.2, -0.15) is 0 Å². The van der Waals surface area contributed by atoms with Crippen LogP contribution in [0.5, 0.6) is 0 Å². The molecule has 4 heteroatoms. The molecule has 1 aromatic carbocycles. The smallest absolute Gasteiger partial charge is 0.141 e. The van der Waals surface area contributed by atoms with Crippen LogP contribution in [0.25, 0.3) is 0 Å². The number of carboxylic acid groups (broad SMARTS) is 1. The fourth-order valence-electron chi connectivity index (χ4n) is 0.822. The largest absolute Gasteiger partial charge is 0.530 e. The van der Waals surface area contributed by atoms with Crippen molar-refractivity contribution in [2.24, 2.45) is 0 Å². The van der Waals surface area contributed by atoms with Crippen molar-refractivity contribution in [2.45, 2.75) is 0 Å². The topological polar surface area (TPSA) is 43.4 Å². The Balaban J connectivity index is 3.02. The van der Waals surface area contributed by atoms with Crippen molar-refractivity contribution >= 4 is 23.4 Å². The zero-order valence-corrected chi connectivity index (χ0v) is 7.21. The molecule has 0 atom stereocenters. The van der Waals surface area contributed by atoms with E-state index in [2.05, 4.69) is 0 Å². The minimum Gasteiger partial charge on any atom is -0.530 e. The first-order chi connectivity index (χ1) is 5.63. The third-order valence-corrected chi connectivity index (χ3v) is 1.81. The third kappa shape index (κ3) is 1.68. The van der Waals surface area contributed by atoms with Crippen LogP contribution in [0.2, 0.25) is 5.02 Å². The van der Waals surface area contributed by atoms with Crippen LogP contribution in [0.1, 0.15) is 0 Å².